The third-order valence-corrected chi connectivity index (χ3v) is 5.34. The minimum atomic E-state index is -0.973. The quantitative estimate of drug-likeness (QED) is 0.682. The molecule has 1 aromatic heterocycles. The van der Waals surface area contributed by atoms with Crippen molar-refractivity contribution in [3.63, 3.8) is 0 Å². The van der Waals surface area contributed by atoms with E-state index in [1.165, 1.54) is 28.4 Å². The standard InChI is InChI=1S/C18H16FN3O2S/c19-17-20-21-18(25-10-16(23)24)22(17)9-12-7-8-14(11-5-6-11)15-4-2-1-3-13(12)15/h1-4,7-8,11H,5-6,9-10H2,(H,23,24). The molecule has 25 heavy (non-hydrogen) atoms. The molecule has 0 bridgehead atoms. The van der Waals surface area contributed by atoms with Crippen molar-refractivity contribution < 1.29 is 14.3 Å². The highest BCUT2D eigenvalue weighted by Crippen LogP contribution is 2.43. The second-order valence-corrected chi connectivity index (χ2v) is 7.10. The Morgan fingerprint density at radius 1 is 1.20 bits per heavy atom. The van der Waals surface area contributed by atoms with Gasteiger partial charge in [0.15, 0.2) is 5.16 Å². The summed E-state index contributed by atoms with van der Waals surface area (Å²) in [7, 11) is 0. The number of carboxylic acid groups (broad SMARTS) is 1. The molecule has 2 aromatic carbocycles. The number of benzene rings is 2. The van der Waals surface area contributed by atoms with Crippen molar-refractivity contribution in [3.05, 3.63) is 53.6 Å². The number of rotatable bonds is 6. The van der Waals surface area contributed by atoms with Gasteiger partial charge in [0.05, 0.1) is 12.3 Å². The monoisotopic (exact) mass is 357 g/mol. The summed E-state index contributed by atoms with van der Waals surface area (Å²) >= 11 is 0.968. The first-order valence-corrected chi connectivity index (χ1v) is 9.06. The molecule has 1 fully saturated rings. The average molecular weight is 357 g/mol. The second-order valence-electron chi connectivity index (χ2n) is 6.15. The maximum Gasteiger partial charge on any atom is 0.313 e. The molecule has 0 aliphatic heterocycles. The minimum Gasteiger partial charge on any atom is -0.481 e. The minimum absolute atomic E-state index is 0.181. The van der Waals surface area contributed by atoms with Gasteiger partial charge >= 0.3 is 12.0 Å². The normalized spacial score (nSPS) is 14.1. The summed E-state index contributed by atoms with van der Waals surface area (Å²) in [6.45, 7) is 0.270. The summed E-state index contributed by atoms with van der Waals surface area (Å²) in [6.07, 6.45) is 1.74. The number of aliphatic carboxylic acids is 1. The van der Waals surface area contributed by atoms with E-state index in [2.05, 4.69) is 22.3 Å². The van der Waals surface area contributed by atoms with Gasteiger partial charge in [0, 0.05) is 0 Å². The zero-order chi connectivity index (χ0) is 17.4. The van der Waals surface area contributed by atoms with Gasteiger partial charge in [-0.25, -0.2) is 0 Å². The van der Waals surface area contributed by atoms with Gasteiger partial charge in [0.1, 0.15) is 0 Å². The van der Waals surface area contributed by atoms with Crippen molar-refractivity contribution in [1.82, 2.24) is 14.8 Å². The SMILES string of the molecule is O=C(O)CSc1nnc(F)n1Cc1ccc(C2CC2)c2ccccc12. The van der Waals surface area contributed by atoms with Crippen LogP contribution in [0.2, 0.25) is 0 Å². The molecule has 1 aliphatic rings. The Kier molecular flexibility index (Phi) is 4.17. The van der Waals surface area contributed by atoms with Crippen molar-refractivity contribution in [2.24, 2.45) is 0 Å². The predicted molar refractivity (Wildman–Crippen MR) is 93.4 cm³/mol. The highest BCUT2D eigenvalue weighted by atomic mass is 32.2. The van der Waals surface area contributed by atoms with Gasteiger partial charge in [-0.15, -0.1) is 5.10 Å². The lowest BCUT2D eigenvalue weighted by Crippen LogP contribution is -2.07. The summed E-state index contributed by atoms with van der Waals surface area (Å²) in [5.74, 6) is -0.522. The lowest BCUT2D eigenvalue weighted by atomic mass is 9.97. The van der Waals surface area contributed by atoms with Gasteiger partial charge in [-0.2, -0.15) is 4.39 Å². The van der Waals surface area contributed by atoms with E-state index in [-0.39, 0.29) is 17.5 Å². The van der Waals surface area contributed by atoms with Gasteiger partial charge in [-0.05, 0) is 40.7 Å². The van der Waals surface area contributed by atoms with Gasteiger partial charge < -0.3 is 5.11 Å². The van der Waals surface area contributed by atoms with E-state index in [1.54, 1.807) is 0 Å². The van der Waals surface area contributed by atoms with Crippen LogP contribution in [0, 0.1) is 6.08 Å². The number of hydrogen-bond acceptors (Lipinski definition) is 4. The number of hydrogen-bond donors (Lipinski definition) is 1. The van der Waals surface area contributed by atoms with E-state index in [4.69, 9.17) is 5.11 Å². The van der Waals surface area contributed by atoms with Gasteiger partial charge in [-0.1, -0.05) is 53.3 Å². The molecule has 1 N–H and O–H groups in total. The van der Waals surface area contributed by atoms with E-state index in [9.17, 15) is 9.18 Å². The summed E-state index contributed by atoms with van der Waals surface area (Å²) in [5.41, 5.74) is 2.32. The van der Waals surface area contributed by atoms with Crippen LogP contribution in [0.1, 0.15) is 29.9 Å². The molecule has 1 saturated carbocycles. The van der Waals surface area contributed by atoms with Gasteiger partial charge in [0.25, 0.3) is 0 Å². The molecular formula is C18H16FN3O2S. The summed E-state index contributed by atoms with van der Waals surface area (Å²) < 4.78 is 15.4. The highest BCUT2D eigenvalue weighted by Gasteiger charge is 2.25. The molecule has 1 heterocycles. The van der Waals surface area contributed by atoms with Crippen LogP contribution in [0.25, 0.3) is 10.8 Å². The van der Waals surface area contributed by atoms with E-state index >= 15 is 0 Å². The van der Waals surface area contributed by atoms with Crippen LogP contribution in [-0.4, -0.2) is 31.6 Å². The zero-order valence-corrected chi connectivity index (χ0v) is 14.2. The Bertz CT molecular complexity index is 953. The lowest BCUT2D eigenvalue weighted by Gasteiger charge is -2.12. The maximum atomic E-state index is 14.1. The van der Waals surface area contributed by atoms with Crippen LogP contribution < -0.4 is 0 Å². The molecule has 4 rings (SSSR count). The first kappa shape index (κ1) is 16.1. The smallest absolute Gasteiger partial charge is 0.313 e. The van der Waals surface area contributed by atoms with Crippen LogP contribution in [0.5, 0.6) is 0 Å². The van der Waals surface area contributed by atoms with Crippen LogP contribution >= 0.6 is 11.8 Å². The molecule has 5 nitrogen and oxygen atoms in total. The summed E-state index contributed by atoms with van der Waals surface area (Å²) in [5, 5.41) is 18.6. The second kappa shape index (κ2) is 6.48. The number of carbonyl (C=O) groups is 1. The third-order valence-electron chi connectivity index (χ3n) is 4.39. The Morgan fingerprint density at radius 3 is 2.68 bits per heavy atom. The fourth-order valence-electron chi connectivity index (χ4n) is 3.08. The largest absolute Gasteiger partial charge is 0.481 e. The van der Waals surface area contributed by atoms with Gasteiger partial charge in [-0.3, -0.25) is 9.36 Å². The molecule has 0 amide bonds. The number of thioether (sulfide) groups is 1. The molecular weight excluding hydrogens is 341 g/mol. The number of aromatic nitrogens is 3. The Morgan fingerprint density at radius 2 is 1.96 bits per heavy atom. The molecule has 0 spiro atoms. The molecule has 0 unspecified atom stereocenters. The van der Waals surface area contributed by atoms with Crippen molar-refractivity contribution in [3.8, 4) is 0 Å². The van der Waals surface area contributed by atoms with E-state index in [0.717, 1.165) is 22.7 Å². The van der Waals surface area contributed by atoms with E-state index in [0.29, 0.717) is 5.92 Å². The third kappa shape index (κ3) is 3.24. The fraction of sp³-hybridized carbons (Fsp3) is 0.278. The summed E-state index contributed by atoms with van der Waals surface area (Å²) in [4.78, 5) is 10.8. The van der Waals surface area contributed by atoms with Crippen molar-refractivity contribution in [2.45, 2.75) is 30.5 Å². The van der Waals surface area contributed by atoms with Crippen molar-refractivity contribution >= 4 is 28.5 Å². The molecule has 0 saturated heterocycles. The van der Waals surface area contributed by atoms with E-state index in [1.807, 2.05) is 24.3 Å². The zero-order valence-electron chi connectivity index (χ0n) is 13.4. The van der Waals surface area contributed by atoms with Gasteiger partial charge in [0.2, 0.25) is 0 Å². The van der Waals surface area contributed by atoms with Crippen LogP contribution in [0.4, 0.5) is 4.39 Å². The first-order valence-electron chi connectivity index (χ1n) is 8.07. The Balaban J connectivity index is 1.71. The topological polar surface area (TPSA) is 68.0 Å². The highest BCUT2D eigenvalue weighted by molar-refractivity contribution is 7.99. The number of carboxylic acids is 1. The molecule has 1 aliphatic carbocycles. The first-order chi connectivity index (χ1) is 12.1. The van der Waals surface area contributed by atoms with Crippen molar-refractivity contribution in [1.29, 1.82) is 0 Å². The number of nitrogens with zero attached hydrogens (tertiary/aromatic N) is 3. The Labute approximate surface area is 147 Å². The lowest BCUT2D eigenvalue weighted by molar-refractivity contribution is -0.133. The van der Waals surface area contributed by atoms with E-state index < -0.39 is 12.0 Å². The molecule has 3 aromatic rings. The van der Waals surface area contributed by atoms with Crippen LogP contribution in [0.3, 0.4) is 0 Å². The number of fused-ring (bicyclic) bond motifs is 1. The fourth-order valence-corrected chi connectivity index (χ4v) is 3.73. The Hall–Kier alpha value is -2.41. The molecule has 0 atom stereocenters. The van der Waals surface area contributed by atoms with Crippen molar-refractivity contribution in [2.75, 3.05) is 5.75 Å². The summed E-state index contributed by atoms with van der Waals surface area (Å²) in [6, 6.07) is 12.3. The average Bonchev–Trinajstić information content (AvgIpc) is 3.39. The molecule has 0 radical (unpaired) electrons. The van der Waals surface area contributed by atoms with Crippen LogP contribution in [0.15, 0.2) is 41.6 Å². The molecule has 128 valence electrons. The molecule has 7 heteroatoms. The number of halogens is 1. The maximum absolute atomic E-state index is 14.1. The predicted octanol–water partition coefficient (Wildman–Crippen LogP) is 3.67. The van der Waals surface area contributed by atoms with Crippen LogP contribution in [-0.2, 0) is 11.3 Å².